The van der Waals surface area contributed by atoms with Crippen LogP contribution >= 0.6 is 0 Å². The van der Waals surface area contributed by atoms with Gasteiger partial charge in [-0.3, -0.25) is 4.79 Å². The van der Waals surface area contributed by atoms with Gasteiger partial charge in [-0.15, -0.1) is 0 Å². The molecule has 2 aromatic rings. The van der Waals surface area contributed by atoms with Gasteiger partial charge in [0.2, 0.25) is 0 Å². The van der Waals surface area contributed by atoms with E-state index in [0.29, 0.717) is 32.2 Å². The van der Waals surface area contributed by atoms with Gasteiger partial charge in [0, 0.05) is 44.9 Å². The van der Waals surface area contributed by atoms with Gasteiger partial charge in [-0.25, -0.2) is 14.2 Å². The van der Waals surface area contributed by atoms with E-state index in [9.17, 15) is 18.0 Å². The van der Waals surface area contributed by atoms with Crippen LogP contribution < -0.4 is 4.90 Å². The molecule has 1 atom stereocenters. The van der Waals surface area contributed by atoms with Crippen LogP contribution in [0.5, 0.6) is 0 Å². The highest BCUT2D eigenvalue weighted by atomic mass is 19.4. The Hall–Kier alpha value is -3.15. The number of carboxylic acid groups (broad SMARTS) is 1. The van der Waals surface area contributed by atoms with Crippen molar-refractivity contribution >= 4 is 17.6 Å². The molecule has 0 bridgehead atoms. The Morgan fingerprint density at radius 1 is 1.16 bits per heavy atom. The van der Waals surface area contributed by atoms with Crippen molar-refractivity contribution in [2.75, 3.05) is 37.7 Å². The van der Waals surface area contributed by atoms with Crippen LogP contribution in [-0.2, 0) is 19.9 Å². The number of ether oxygens (including phenoxy) is 1. The van der Waals surface area contributed by atoms with Crippen molar-refractivity contribution < 1.29 is 37.0 Å². The molecule has 1 N–H and O–H groups in total. The lowest BCUT2D eigenvalue weighted by atomic mass is 9.88. The summed E-state index contributed by atoms with van der Waals surface area (Å²) in [6, 6.07) is 8.23. The molecule has 1 unspecified atom stereocenters. The number of hydrogen-bond acceptors (Lipinski definition) is 5. The number of aromatic nitrogens is 2. The minimum Gasteiger partial charge on any atom is -0.475 e. The number of carboxylic acids is 1. The van der Waals surface area contributed by atoms with Crippen molar-refractivity contribution in [1.29, 1.82) is 0 Å². The number of nitrogens with zero attached hydrogens (tertiary/aromatic N) is 4. The number of amides is 1. The molecule has 2 aromatic heterocycles. The molecular formula is C25H30F4N4O4. The smallest absolute Gasteiger partial charge is 0.475 e. The third kappa shape index (κ3) is 5.03. The third-order valence-corrected chi connectivity index (χ3v) is 7.02. The second kappa shape index (κ2) is 9.96. The molecule has 0 aromatic carbocycles. The molecule has 1 spiro atoms. The summed E-state index contributed by atoms with van der Waals surface area (Å²) in [5, 5.41) is 7.12. The number of carbonyl (C=O) groups is 2. The van der Waals surface area contributed by atoms with Crippen LogP contribution in [0.2, 0.25) is 0 Å². The first-order chi connectivity index (χ1) is 17.4. The standard InChI is InChI=1S/C23H29FN4O2.C2HF3O2/c1-17(2)15-28-18-5-3-10-25-20(18)27-11-4-6-19(27)23(28)7-12-26(16-23)21(29)22(24)8-13-30-14-9-22;3-2(4,5)1(6)7/h3-6,10-11,17H,7-9,12-16H2,1-2H3;(H,6,7). The molecule has 3 aliphatic heterocycles. The van der Waals surface area contributed by atoms with Crippen LogP contribution in [0.4, 0.5) is 23.2 Å². The van der Waals surface area contributed by atoms with Gasteiger partial charge in [0.1, 0.15) is 5.54 Å². The fourth-order valence-corrected chi connectivity index (χ4v) is 5.33. The summed E-state index contributed by atoms with van der Waals surface area (Å²) in [6.07, 6.45) is -0.162. The van der Waals surface area contributed by atoms with Crippen molar-refractivity contribution in [2.24, 2.45) is 5.92 Å². The number of pyridine rings is 1. The molecule has 0 aliphatic carbocycles. The lowest BCUT2D eigenvalue weighted by Gasteiger charge is -2.48. The summed E-state index contributed by atoms with van der Waals surface area (Å²) in [5.74, 6) is -1.78. The molecule has 0 saturated carbocycles. The normalized spacial score (nSPS) is 22.4. The first-order valence-electron chi connectivity index (χ1n) is 12.2. The topological polar surface area (TPSA) is 87.9 Å². The Morgan fingerprint density at radius 3 is 2.46 bits per heavy atom. The van der Waals surface area contributed by atoms with E-state index < -0.39 is 17.8 Å². The van der Waals surface area contributed by atoms with E-state index in [4.69, 9.17) is 14.6 Å². The first kappa shape index (κ1) is 26.9. The Morgan fingerprint density at radius 2 is 1.84 bits per heavy atom. The van der Waals surface area contributed by atoms with Crippen LogP contribution in [0.25, 0.3) is 5.82 Å². The van der Waals surface area contributed by atoms with Gasteiger partial charge in [0.25, 0.3) is 5.91 Å². The molecule has 0 radical (unpaired) electrons. The fraction of sp³-hybridized carbons (Fsp3) is 0.560. The van der Waals surface area contributed by atoms with Gasteiger partial charge >= 0.3 is 12.1 Å². The Balaban J connectivity index is 0.000000405. The molecule has 3 aliphatic rings. The van der Waals surface area contributed by atoms with Gasteiger partial charge in [-0.2, -0.15) is 13.2 Å². The summed E-state index contributed by atoms with van der Waals surface area (Å²) in [7, 11) is 0. The van der Waals surface area contributed by atoms with E-state index in [0.717, 1.165) is 30.2 Å². The lowest BCUT2D eigenvalue weighted by Crippen LogP contribution is -2.55. The van der Waals surface area contributed by atoms with Crippen molar-refractivity contribution in [3.8, 4) is 5.82 Å². The summed E-state index contributed by atoms with van der Waals surface area (Å²) in [6.45, 7) is 6.91. The second-order valence-electron chi connectivity index (χ2n) is 10.0. The SMILES string of the molecule is CC(C)CN1c2cccnc2-n2cccc2C12CCN(C(=O)C1(F)CCOCC1)C2.O=C(O)C(F)(F)F. The van der Waals surface area contributed by atoms with E-state index in [1.807, 2.05) is 24.5 Å². The van der Waals surface area contributed by atoms with Crippen molar-refractivity contribution in [1.82, 2.24) is 14.5 Å². The van der Waals surface area contributed by atoms with Crippen LogP contribution in [0.1, 0.15) is 38.8 Å². The molecule has 37 heavy (non-hydrogen) atoms. The maximum Gasteiger partial charge on any atom is 0.490 e. The molecule has 12 heteroatoms. The number of rotatable bonds is 3. The van der Waals surface area contributed by atoms with Crippen LogP contribution in [0.3, 0.4) is 0 Å². The van der Waals surface area contributed by atoms with E-state index in [1.165, 1.54) is 0 Å². The second-order valence-corrected chi connectivity index (χ2v) is 10.0. The van der Waals surface area contributed by atoms with E-state index in [2.05, 4.69) is 40.4 Å². The maximum atomic E-state index is 15.5. The average molecular weight is 527 g/mol. The van der Waals surface area contributed by atoms with Crippen molar-refractivity contribution in [3.63, 3.8) is 0 Å². The van der Waals surface area contributed by atoms with E-state index in [-0.39, 0.29) is 24.3 Å². The van der Waals surface area contributed by atoms with Gasteiger partial charge in [-0.05, 0) is 36.6 Å². The van der Waals surface area contributed by atoms with Crippen LogP contribution in [0, 0.1) is 5.92 Å². The summed E-state index contributed by atoms with van der Waals surface area (Å²) < 4.78 is 54.6. The molecule has 2 saturated heterocycles. The average Bonchev–Trinajstić information content (AvgIpc) is 3.50. The molecule has 1 amide bonds. The van der Waals surface area contributed by atoms with Crippen LogP contribution in [-0.4, -0.2) is 76.1 Å². The minimum absolute atomic E-state index is 0.147. The third-order valence-electron chi connectivity index (χ3n) is 7.02. The summed E-state index contributed by atoms with van der Waals surface area (Å²) >= 11 is 0. The lowest BCUT2D eigenvalue weighted by molar-refractivity contribution is -0.192. The van der Waals surface area contributed by atoms with E-state index in [1.54, 1.807) is 4.90 Å². The van der Waals surface area contributed by atoms with Crippen molar-refractivity contribution in [2.45, 2.75) is 50.5 Å². The number of hydrogen-bond donors (Lipinski definition) is 1. The molecule has 2 fully saturated rings. The zero-order valence-corrected chi connectivity index (χ0v) is 20.7. The predicted octanol–water partition coefficient (Wildman–Crippen LogP) is 3.93. The number of anilines is 1. The Kier molecular flexibility index (Phi) is 7.24. The zero-order chi connectivity index (χ0) is 27.0. The molecule has 5 rings (SSSR count). The Labute approximate surface area is 211 Å². The zero-order valence-electron chi connectivity index (χ0n) is 20.7. The fourth-order valence-electron chi connectivity index (χ4n) is 5.33. The number of carbonyl (C=O) groups excluding carboxylic acids is 1. The van der Waals surface area contributed by atoms with Crippen LogP contribution in [0.15, 0.2) is 36.7 Å². The highest BCUT2D eigenvalue weighted by Crippen LogP contribution is 2.48. The summed E-state index contributed by atoms with van der Waals surface area (Å²) in [4.78, 5) is 30.9. The number of fused-ring (bicyclic) bond motifs is 4. The monoisotopic (exact) mass is 526 g/mol. The largest absolute Gasteiger partial charge is 0.490 e. The van der Waals surface area contributed by atoms with Crippen molar-refractivity contribution in [3.05, 3.63) is 42.4 Å². The van der Waals surface area contributed by atoms with Gasteiger partial charge in [0.05, 0.1) is 24.6 Å². The number of halogens is 4. The predicted molar refractivity (Wildman–Crippen MR) is 126 cm³/mol. The molecular weight excluding hydrogens is 496 g/mol. The first-order valence-corrected chi connectivity index (χ1v) is 12.2. The molecule has 202 valence electrons. The molecule has 8 nitrogen and oxygen atoms in total. The number of alkyl halides is 4. The summed E-state index contributed by atoms with van der Waals surface area (Å²) in [5.41, 5.74) is 0.0267. The Bertz CT molecular complexity index is 1150. The number of likely N-dealkylation sites (tertiary alicyclic amines) is 1. The highest BCUT2D eigenvalue weighted by Gasteiger charge is 2.54. The highest BCUT2D eigenvalue weighted by molar-refractivity contribution is 5.86. The minimum atomic E-state index is -5.08. The van der Waals surface area contributed by atoms with E-state index >= 15 is 4.39 Å². The number of aliphatic carboxylic acids is 1. The van der Waals surface area contributed by atoms with Gasteiger partial charge < -0.3 is 24.2 Å². The van der Waals surface area contributed by atoms with Gasteiger partial charge in [0.15, 0.2) is 11.5 Å². The quantitative estimate of drug-likeness (QED) is 0.610. The maximum absolute atomic E-state index is 15.5. The molecule has 5 heterocycles. The van der Waals surface area contributed by atoms with Gasteiger partial charge in [-0.1, -0.05) is 13.8 Å².